The molecule has 3 aromatic rings. The first-order chi connectivity index (χ1) is 14.7. The Morgan fingerprint density at radius 2 is 1.83 bits per heavy atom. The topological polar surface area (TPSA) is 87.5 Å². The van der Waals surface area contributed by atoms with E-state index in [-0.39, 0.29) is 6.61 Å². The number of aryl methyl sites for hydroxylation is 1. The Balaban J connectivity index is 1.73. The van der Waals surface area contributed by atoms with Crippen LogP contribution in [0.25, 0.3) is 11.1 Å². The van der Waals surface area contributed by atoms with Gasteiger partial charge in [-0.15, -0.1) is 10.2 Å². The minimum atomic E-state index is -0.455. The Morgan fingerprint density at radius 1 is 1.07 bits per heavy atom. The average molecular weight is 423 g/mol. The number of nitrogens with zero attached hydrogens (tertiary/aromatic N) is 6. The fourth-order valence-corrected chi connectivity index (χ4v) is 3.91. The maximum Gasteiger partial charge on any atom is 0.211 e. The number of aliphatic hydroxyl groups is 1. The highest BCUT2D eigenvalue weighted by Crippen LogP contribution is 2.34. The molecule has 30 heavy (non-hydrogen) atoms. The molecule has 4 rings (SSSR count). The zero-order valence-electron chi connectivity index (χ0n) is 16.7. The second kappa shape index (κ2) is 9.28. The molecule has 0 saturated carbocycles. The fraction of sp³-hybridized carbons (Fsp3) is 0.318. The molecule has 1 aliphatic rings. The van der Waals surface area contributed by atoms with Crippen molar-refractivity contribution in [3.63, 3.8) is 0 Å². The van der Waals surface area contributed by atoms with Gasteiger partial charge in [0.2, 0.25) is 6.17 Å². The summed E-state index contributed by atoms with van der Waals surface area (Å²) in [7, 11) is 0. The lowest BCUT2D eigenvalue weighted by Gasteiger charge is -2.15. The standard InChI is InChI=1S/C22H23ClN6O/c1-2-3-9-20-24-21(23)19(14-30)29(20)13-15-10-11-17(16-7-5-4-6-8-16)18(12-15)22-25-27-28-26-22/h4-8,10-12,22,30H,2-3,9,13-14H2,1H3. The van der Waals surface area contributed by atoms with Crippen LogP contribution in [0.2, 0.25) is 5.15 Å². The first-order valence-electron chi connectivity index (χ1n) is 10.0. The van der Waals surface area contributed by atoms with E-state index in [4.69, 9.17) is 11.6 Å². The van der Waals surface area contributed by atoms with Crippen LogP contribution < -0.4 is 0 Å². The van der Waals surface area contributed by atoms with Gasteiger partial charge in [0, 0.05) is 18.5 Å². The maximum atomic E-state index is 9.84. The lowest BCUT2D eigenvalue weighted by Crippen LogP contribution is -2.10. The summed E-state index contributed by atoms with van der Waals surface area (Å²) in [5.74, 6) is 0.889. The van der Waals surface area contributed by atoms with Crippen molar-refractivity contribution in [3.05, 3.63) is 76.3 Å². The zero-order chi connectivity index (χ0) is 20.9. The number of halogens is 1. The van der Waals surface area contributed by atoms with Crippen LogP contribution in [0.15, 0.2) is 69.2 Å². The number of imidazole rings is 1. The molecule has 8 heteroatoms. The van der Waals surface area contributed by atoms with E-state index in [2.05, 4.69) is 62.9 Å². The molecule has 7 nitrogen and oxygen atoms in total. The number of benzene rings is 2. The van der Waals surface area contributed by atoms with Crippen LogP contribution in [-0.2, 0) is 19.6 Å². The van der Waals surface area contributed by atoms with Gasteiger partial charge in [0.25, 0.3) is 0 Å². The highest BCUT2D eigenvalue weighted by molar-refractivity contribution is 6.30. The van der Waals surface area contributed by atoms with Crippen LogP contribution in [0.3, 0.4) is 0 Å². The lowest BCUT2D eigenvalue weighted by molar-refractivity contribution is 0.271. The predicted octanol–water partition coefficient (Wildman–Crippen LogP) is 5.92. The second-order valence-electron chi connectivity index (χ2n) is 7.18. The van der Waals surface area contributed by atoms with E-state index in [0.29, 0.717) is 17.4 Å². The Morgan fingerprint density at radius 3 is 2.53 bits per heavy atom. The van der Waals surface area contributed by atoms with Gasteiger partial charge < -0.3 is 9.67 Å². The highest BCUT2D eigenvalue weighted by Gasteiger charge is 2.20. The van der Waals surface area contributed by atoms with Gasteiger partial charge in [0.05, 0.1) is 12.3 Å². The van der Waals surface area contributed by atoms with Crippen molar-refractivity contribution in [3.8, 4) is 11.1 Å². The quantitative estimate of drug-likeness (QED) is 0.488. The number of unbranched alkanes of at least 4 members (excludes halogenated alkanes) is 1. The van der Waals surface area contributed by atoms with Crippen molar-refractivity contribution in [1.82, 2.24) is 9.55 Å². The van der Waals surface area contributed by atoms with E-state index in [0.717, 1.165) is 47.3 Å². The molecule has 0 unspecified atom stereocenters. The molecule has 1 aromatic heterocycles. The summed E-state index contributed by atoms with van der Waals surface area (Å²) in [5, 5.41) is 25.9. The van der Waals surface area contributed by atoms with E-state index in [1.807, 2.05) is 22.8 Å². The molecule has 1 N–H and O–H groups in total. The van der Waals surface area contributed by atoms with Gasteiger partial charge in [-0.2, -0.15) is 0 Å². The van der Waals surface area contributed by atoms with Crippen molar-refractivity contribution in [2.24, 2.45) is 20.7 Å². The third kappa shape index (κ3) is 4.17. The van der Waals surface area contributed by atoms with E-state index in [1.54, 1.807) is 0 Å². The second-order valence-corrected chi connectivity index (χ2v) is 7.54. The third-order valence-electron chi connectivity index (χ3n) is 5.19. The van der Waals surface area contributed by atoms with Crippen LogP contribution in [0.5, 0.6) is 0 Å². The summed E-state index contributed by atoms with van der Waals surface area (Å²) >= 11 is 6.29. The van der Waals surface area contributed by atoms with E-state index in [1.165, 1.54) is 0 Å². The molecule has 154 valence electrons. The van der Waals surface area contributed by atoms with Gasteiger partial charge in [-0.1, -0.05) is 67.4 Å². The largest absolute Gasteiger partial charge is 0.390 e. The van der Waals surface area contributed by atoms with E-state index in [9.17, 15) is 5.11 Å². The van der Waals surface area contributed by atoms with Crippen molar-refractivity contribution in [2.75, 3.05) is 0 Å². The zero-order valence-corrected chi connectivity index (χ0v) is 17.5. The number of hydrogen-bond donors (Lipinski definition) is 1. The van der Waals surface area contributed by atoms with Crippen molar-refractivity contribution < 1.29 is 5.11 Å². The molecule has 0 spiro atoms. The molecule has 0 saturated heterocycles. The van der Waals surface area contributed by atoms with Crippen molar-refractivity contribution in [1.29, 1.82) is 0 Å². The molecule has 2 heterocycles. The van der Waals surface area contributed by atoms with E-state index >= 15 is 0 Å². The molecule has 0 radical (unpaired) electrons. The minimum Gasteiger partial charge on any atom is -0.390 e. The molecular weight excluding hydrogens is 400 g/mol. The predicted molar refractivity (Wildman–Crippen MR) is 115 cm³/mol. The monoisotopic (exact) mass is 422 g/mol. The Hall–Kier alpha value is -2.90. The van der Waals surface area contributed by atoms with Crippen molar-refractivity contribution in [2.45, 2.75) is 45.5 Å². The fourth-order valence-electron chi connectivity index (χ4n) is 3.65. The summed E-state index contributed by atoms with van der Waals surface area (Å²) in [5.41, 5.74) is 4.75. The van der Waals surface area contributed by atoms with Gasteiger partial charge in [-0.05, 0) is 39.6 Å². The van der Waals surface area contributed by atoms with Crippen LogP contribution in [0.1, 0.15) is 48.6 Å². The maximum absolute atomic E-state index is 9.84. The summed E-state index contributed by atoms with van der Waals surface area (Å²) in [6, 6.07) is 16.4. The molecule has 0 bridgehead atoms. The number of aliphatic hydroxyl groups excluding tert-OH is 1. The van der Waals surface area contributed by atoms with Gasteiger partial charge in [0.1, 0.15) is 5.82 Å². The molecule has 0 fully saturated rings. The number of rotatable bonds is 8. The van der Waals surface area contributed by atoms with Crippen LogP contribution in [-0.4, -0.2) is 14.7 Å². The minimum absolute atomic E-state index is 0.155. The van der Waals surface area contributed by atoms with Gasteiger partial charge in [0.15, 0.2) is 5.15 Å². The number of aromatic nitrogens is 2. The molecule has 2 aromatic carbocycles. The van der Waals surface area contributed by atoms with E-state index < -0.39 is 6.17 Å². The molecule has 0 atom stereocenters. The third-order valence-corrected chi connectivity index (χ3v) is 5.49. The smallest absolute Gasteiger partial charge is 0.211 e. The molecule has 1 aliphatic heterocycles. The lowest BCUT2D eigenvalue weighted by atomic mass is 9.96. The summed E-state index contributed by atoms with van der Waals surface area (Å²) < 4.78 is 2.01. The first-order valence-corrected chi connectivity index (χ1v) is 10.4. The first kappa shape index (κ1) is 20.4. The van der Waals surface area contributed by atoms with Gasteiger partial charge in [-0.25, -0.2) is 4.98 Å². The summed E-state index contributed by atoms with van der Waals surface area (Å²) in [6.45, 7) is 2.54. The van der Waals surface area contributed by atoms with Crippen LogP contribution in [0, 0.1) is 0 Å². The summed E-state index contributed by atoms with van der Waals surface area (Å²) in [6.07, 6.45) is 2.44. The molecule has 0 aliphatic carbocycles. The SMILES string of the molecule is CCCCc1nc(Cl)c(CO)n1Cc1ccc(-c2ccccc2)c(C2N=NN=N2)c1. The average Bonchev–Trinajstić information content (AvgIpc) is 3.41. The number of hydrogen-bond acceptors (Lipinski definition) is 6. The molecule has 0 amide bonds. The Labute approximate surface area is 180 Å². The van der Waals surface area contributed by atoms with Crippen LogP contribution >= 0.6 is 11.6 Å². The highest BCUT2D eigenvalue weighted by atomic mass is 35.5. The summed E-state index contributed by atoms with van der Waals surface area (Å²) in [4.78, 5) is 4.48. The van der Waals surface area contributed by atoms with Crippen LogP contribution in [0.4, 0.5) is 0 Å². The Bertz CT molecular complexity index is 1060. The molecular formula is C22H23ClN6O. The van der Waals surface area contributed by atoms with Gasteiger partial charge >= 0.3 is 0 Å². The Kier molecular flexibility index (Phi) is 6.30. The van der Waals surface area contributed by atoms with Gasteiger partial charge in [-0.3, -0.25) is 0 Å². The normalized spacial score (nSPS) is 13.4. The van der Waals surface area contributed by atoms with Crippen molar-refractivity contribution >= 4 is 11.6 Å².